The molecule has 0 amide bonds. The van der Waals surface area contributed by atoms with Gasteiger partial charge in [-0.1, -0.05) is 73.3 Å². The molecule has 3 aromatic carbocycles. The number of hydrogen-bond acceptors (Lipinski definition) is 1. The molecule has 0 aliphatic carbocycles. The lowest BCUT2D eigenvalue weighted by Crippen LogP contribution is -1.95. The lowest BCUT2D eigenvalue weighted by Gasteiger charge is -2.08. The first-order chi connectivity index (χ1) is 10.8. The number of benzene rings is 3. The Morgan fingerprint density at radius 1 is 0.773 bits per heavy atom. The van der Waals surface area contributed by atoms with E-state index in [1.165, 1.54) is 11.1 Å². The summed E-state index contributed by atoms with van der Waals surface area (Å²) in [7, 11) is 0. The van der Waals surface area contributed by atoms with Crippen LogP contribution in [0.2, 0.25) is 0 Å². The van der Waals surface area contributed by atoms with Crippen LogP contribution in [0.4, 0.5) is 0 Å². The molecule has 0 aliphatic heterocycles. The molecule has 1 nitrogen and oxygen atoms in total. The summed E-state index contributed by atoms with van der Waals surface area (Å²) < 4.78 is 5.85. The lowest BCUT2D eigenvalue weighted by molar-refractivity contribution is 0.306. The van der Waals surface area contributed by atoms with Crippen LogP contribution in [0.15, 0.2) is 85.4 Å². The highest BCUT2D eigenvalue weighted by Gasteiger charge is 1.99. The van der Waals surface area contributed by atoms with Gasteiger partial charge in [-0.05, 0) is 40.5 Å². The predicted molar refractivity (Wildman–Crippen MR) is 92.7 cm³/mol. The molecule has 1 heteroatoms. The van der Waals surface area contributed by atoms with Crippen LogP contribution in [0.3, 0.4) is 0 Å². The van der Waals surface area contributed by atoms with Gasteiger partial charge >= 0.3 is 0 Å². The highest BCUT2D eigenvalue weighted by molar-refractivity contribution is 5.63. The quantitative estimate of drug-likeness (QED) is 0.595. The second-order valence-corrected chi connectivity index (χ2v) is 5.13. The van der Waals surface area contributed by atoms with Crippen LogP contribution in [0.5, 0.6) is 5.75 Å². The minimum absolute atomic E-state index is 0.562. The van der Waals surface area contributed by atoms with Gasteiger partial charge in [-0.25, -0.2) is 0 Å². The molecule has 22 heavy (non-hydrogen) atoms. The average Bonchev–Trinajstić information content (AvgIpc) is 2.61. The molecule has 0 saturated heterocycles. The van der Waals surface area contributed by atoms with Crippen molar-refractivity contribution in [1.29, 1.82) is 0 Å². The zero-order valence-electron chi connectivity index (χ0n) is 12.4. The van der Waals surface area contributed by atoms with Crippen LogP contribution in [0, 0.1) is 0 Å². The Kier molecular flexibility index (Phi) is 4.35. The normalized spacial score (nSPS) is 10.2. The van der Waals surface area contributed by atoms with E-state index < -0.39 is 0 Å². The van der Waals surface area contributed by atoms with Gasteiger partial charge in [0, 0.05) is 0 Å². The minimum atomic E-state index is 0.562. The second-order valence-electron chi connectivity index (χ2n) is 5.13. The lowest BCUT2D eigenvalue weighted by atomic mass is 10.1. The molecule has 3 rings (SSSR count). The highest BCUT2D eigenvalue weighted by atomic mass is 16.5. The van der Waals surface area contributed by atoms with Crippen molar-refractivity contribution in [3.05, 3.63) is 96.6 Å². The summed E-state index contributed by atoms with van der Waals surface area (Å²) in [5.41, 5.74) is 4.67. The van der Waals surface area contributed by atoms with Gasteiger partial charge in [0.25, 0.3) is 0 Å². The third-order valence-electron chi connectivity index (χ3n) is 3.55. The molecule has 3 aromatic rings. The van der Waals surface area contributed by atoms with Crippen LogP contribution in [0.25, 0.3) is 17.2 Å². The summed E-state index contributed by atoms with van der Waals surface area (Å²) in [5.74, 6) is 0.878. The second kappa shape index (κ2) is 6.77. The monoisotopic (exact) mass is 286 g/mol. The number of hydrogen-bond donors (Lipinski definition) is 0. The largest absolute Gasteiger partial charge is 0.489 e. The molecular formula is C21H18O. The van der Waals surface area contributed by atoms with Crippen LogP contribution in [-0.2, 0) is 6.61 Å². The molecule has 108 valence electrons. The molecule has 0 N–H and O–H groups in total. The Bertz CT molecular complexity index is 742. The molecule has 0 bridgehead atoms. The van der Waals surface area contributed by atoms with Crippen molar-refractivity contribution >= 4 is 6.08 Å². The molecule has 0 heterocycles. The van der Waals surface area contributed by atoms with Crippen LogP contribution in [-0.4, -0.2) is 0 Å². The maximum Gasteiger partial charge on any atom is 0.119 e. The maximum atomic E-state index is 5.85. The van der Waals surface area contributed by atoms with E-state index in [1.807, 2.05) is 48.5 Å². The zero-order valence-corrected chi connectivity index (χ0v) is 12.4. The Morgan fingerprint density at radius 3 is 2.23 bits per heavy atom. The smallest absolute Gasteiger partial charge is 0.119 e. The fourth-order valence-corrected chi connectivity index (χ4v) is 2.35. The highest BCUT2D eigenvalue weighted by Crippen LogP contribution is 2.22. The van der Waals surface area contributed by atoms with Crippen LogP contribution in [0.1, 0.15) is 11.1 Å². The Hall–Kier alpha value is -2.80. The van der Waals surface area contributed by atoms with Gasteiger partial charge in [0.15, 0.2) is 0 Å². The average molecular weight is 286 g/mol. The van der Waals surface area contributed by atoms with Gasteiger partial charge in [-0.15, -0.1) is 0 Å². The SMILES string of the molecule is C=Cc1cccc(COc2ccc(-c3ccccc3)cc2)c1. The molecule has 0 radical (unpaired) electrons. The molecule has 0 atom stereocenters. The molecule has 0 unspecified atom stereocenters. The van der Waals surface area contributed by atoms with E-state index in [-0.39, 0.29) is 0 Å². The van der Waals surface area contributed by atoms with E-state index in [2.05, 4.69) is 43.0 Å². The van der Waals surface area contributed by atoms with Crippen molar-refractivity contribution in [3.8, 4) is 16.9 Å². The van der Waals surface area contributed by atoms with E-state index in [0.29, 0.717) is 6.61 Å². The van der Waals surface area contributed by atoms with Crippen molar-refractivity contribution in [2.24, 2.45) is 0 Å². The standard InChI is InChI=1S/C21H18O/c1-2-17-7-6-8-18(15-17)16-22-21-13-11-20(12-14-21)19-9-4-3-5-10-19/h2-15H,1,16H2. The summed E-state index contributed by atoms with van der Waals surface area (Å²) in [5, 5.41) is 0. The maximum absolute atomic E-state index is 5.85. The molecule has 0 fully saturated rings. The summed E-state index contributed by atoms with van der Waals surface area (Å²) in [6, 6.07) is 26.7. The Balaban J connectivity index is 1.67. The molecule has 0 saturated carbocycles. The minimum Gasteiger partial charge on any atom is -0.489 e. The first kappa shape index (κ1) is 14.2. The van der Waals surface area contributed by atoms with E-state index >= 15 is 0 Å². The fourth-order valence-electron chi connectivity index (χ4n) is 2.35. The van der Waals surface area contributed by atoms with Gasteiger partial charge in [0.1, 0.15) is 12.4 Å². The van der Waals surface area contributed by atoms with Gasteiger partial charge in [0.2, 0.25) is 0 Å². The topological polar surface area (TPSA) is 9.23 Å². The summed E-state index contributed by atoms with van der Waals surface area (Å²) >= 11 is 0. The van der Waals surface area contributed by atoms with Crippen LogP contribution < -0.4 is 4.74 Å². The molecule has 0 aliphatic rings. The molecule has 0 spiro atoms. The molecule has 0 aromatic heterocycles. The van der Waals surface area contributed by atoms with Crippen molar-refractivity contribution in [1.82, 2.24) is 0 Å². The van der Waals surface area contributed by atoms with Crippen molar-refractivity contribution in [2.75, 3.05) is 0 Å². The third kappa shape index (κ3) is 3.44. The van der Waals surface area contributed by atoms with Crippen molar-refractivity contribution in [2.45, 2.75) is 6.61 Å². The fraction of sp³-hybridized carbons (Fsp3) is 0.0476. The zero-order chi connectivity index (χ0) is 15.2. The third-order valence-corrected chi connectivity index (χ3v) is 3.55. The number of ether oxygens (including phenoxy) is 1. The van der Waals surface area contributed by atoms with Gasteiger partial charge < -0.3 is 4.74 Å². The Labute approximate surface area is 131 Å². The summed E-state index contributed by atoms with van der Waals surface area (Å²) in [6.45, 7) is 4.35. The Morgan fingerprint density at radius 2 is 1.50 bits per heavy atom. The predicted octanol–water partition coefficient (Wildman–Crippen LogP) is 5.58. The van der Waals surface area contributed by atoms with E-state index in [0.717, 1.165) is 16.9 Å². The van der Waals surface area contributed by atoms with Crippen molar-refractivity contribution in [3.63, 3.8) is 0 Å². The molecular weight excluding hydrogens is 268 g/mol. The van der Waals surface area contributed by atoms with E-state index in [9.17, 15) is 0 Å². The van der Waals surface area contributed by atoms with Gasteiger partial charge in [-0.3, -0.25) is 0 Å². The van der Waals surface area contributed by atoms with Crippen LogP contribution >= 0.6 is 0 Å². The summed E-state index contributed by atoms with van der Waals surface area (Å²) in [4.78, 5) is 0. The first-order valence-corrected chi connectivity index (χ1v) is 7.35. The van der Waals surface area contributed by atoms with E-state index in [1.54, 1.807) is 0 Å². The first-order valence-electron chi connectivity index (χ1n) is 7.35. The van der Waals surface area contributed by atoms with Gasteiger partial charge in [-0.2, -0.15) is 0 Å². The van der Waals surface area contributed by atoms with Crippen molar-refractivity contribution < 1.29 is 4.74 Å². The summed E-state index contributed by atoms with van der Waals surface area (Å²) in [6.07, 6.45) is 1.85. The number of rotatable bonds is 5. The van der Waals surface area contributed by atoms with Gasteiger partial charge in [0.05, 0.1) is 0 Å². The van der Waals surface area contributed by atoms with E-state index in [4.69, 9.17) is 4.74 Å².